The van der Waals surface area contributed by atoms with E-state index in [0.29, 0.717) is 6.54 Å². The summed E-state index contributed by atoms with van der Waals surface area (Å²) in [6.45, 7) is 8.14. The zero-order valence-corrected chi connectivity index (χ0v) is 10.4. The molecule has 1 fully saturated rings. The van der Waals surface area contributed by atoms with E-state index in [0.717, 1.165) is 11.9 Å². The van der Waals surface area contributed by atoms with E-state index in [4.69, 9.17) is 0 Å². The summed E-state index contributed by atoms with van der Waals surface area (Å²) < 4.78 is 1.80. The third-order valence-corrected chi connectivity index (χ3v) is 4.54. The third-order valence-electron chi connectivity index (χ3n) is 2.77. The smallest absolute Gasteiger partial charge is 0.106 e. The summed E-state index contributed by atoms with van der Waals surface area (Å²) in [6.07, 6.45) is 1.65. The number of β-amino-alcohol motifs (C(OH)–C–C–N with tert-alkyl or cyclic N) is 1. The van der Waals surface area contributed by atoms with E-state index in [2.05, 4.69) is 35.3 Å². The van der Waals surface area contributed by atoms with Crippen molar-refractivity contribution in [2.45, 2.75) is 31.8 Å². The van der Waals surface area contributed by atoms with E-state index in [1.165, 1.54) is 0 Å². The van der Waals surface area contributed by atoms with Crippen LogP contribution in [0.1, 0.15) is 6.04 Å². The molecule has 0 amide bonds. The first-order valence-corrected chi connectivity index (χ1v) is 8.79. The maximum atomic E-state index is 9.71. The van der Waals surface area contributed by atoms with E-state index in [-0.39, 0.29) is 12.1 Å². The molecule has 2 heterocycles. The zero-order valence-electron chi connectivity index (χ0n) is 9.44. The lowest BCUT2D eigenvalue weighted by molar-refractivity contribution is 0.144. The normalized spacial score (nSPS) is 27.2. The van der Waals surface area contributed by atoms with Crippen LogP contribution in [0.15, 0.2) is 6.20 Å². The van der Waals surface area contributed by atoms with Crippen LogP contribution < -0.4 is 10.6 Å². The number of aliphatic hydroxyl groups excluding tert-OH is 1. The summed E-state index contributed by atoms with van der Waals surface area (Å²) in [4.78, 5) is 0. The molecule has 84 valence electrons. The van der Waals surface area contributed by atoms with Gasteiger partial charge in [0, 0.05) is 19.3 Å². The van der Waals surface area contributed by atoms with Crippen molar-refractivity contribution in [3.8, 4) is 0 Å². The summed E-state index contributed by atoms with van der Waals surface area (Å²) in [6, 6.07) is 0.0441. The van der Waals surface area contributed by atoms with Gasteiger partial charge in [0.2, 0.25) is 0 Å². The minimum atomic E-state index is -1.38. The van der Waals surface area contributed by atoms with Gasteiger partial charge in [-0.15, -0.1) is 5.10 Å². The van der Waals surface area contributed by atoms with Crippen LogP contribution in [-0.4, -0.2) is 47.4 Å². The second-order valence-electron chi connectivity index (χ2n) is 5.13. The molecule has 2 unspecified atom stereocenters. The van der Waals surface area contributed by atoms with Gasteiger partial charge >= 0.3 is 0 Å². The van der Waals surface area contributed by atoms with Crippen molar-refractivity contribution >= 4 is 13.4 Å². The van der Waals surface area contributed by atoms with Crippen LogP contribution >= 0.6 is 0 Å². The predicted octanol–water partition coefficient (Wildman–Crippen LogP) is -0.671. The van der Waals surface area contributed by atoms with Gasteiger partial charge < -0.3 is 10.4 Å². The Labute approximate surface area is 90.5 Å². The molecule has 1 aromatic rings. The van der Waals surface area contributed by atoms with Gasteiger partial charge in [-0.1, -0.05) is 24.9 Å². The van der Waals surface area contributed by atoms with E-state index >= 15 is 0 Å². The third kappa shape index (κ3) is 2.11. The molecule has 0 saturated carbocycles. The second-order valence-corrected chi connectivity index (χ2v) is 10.1. The molecule has 1 aromatic heterocycles. The van der Waals surface area contributed by atoms with Crippen LogP contribution in [-0.2, 0) is 0 Å². The van der Waals surface area contributed by atoms with Crippen LogP contribution in [0.5, 0.6) is 0 Å². The molecule has 2 atom stereocenters. The molecule has 6 heteroatoms. The van der Waals surface area contributed by atoms with Crippen molar-refractivity contribution in [3.63, 3.8) is 0 Å². The Morgan fingerprint density at radius 3 is 2.67 bits per heavy atom. The summed E-state index contributed by atoms with van der Waals surface area (Å²) in [5, 5.41) is 22.3. The number of hydrogen-bond acceptors (Lipinski definition) is 4. The first kappa shape index (κ1) is 10.8. The standard InChI is InChI=1S/C9H18N4OSi/c1-15(2,3)9-6-13(12-11-9)7-4-10-5-8(7)14/h6-8,10,14H,4-5H2,1-3H3. The lowest BCUT2D eigenvalue weighted by Crippen LogP contribution is -2.38. The monoisotopic (exact) mass is 226 g/mol. The number of nitrogens with one attached hydrogen (secondary N) is 1. The Hall–Kier alpha value is -0.723. The van der Waals surface area contributed by atoms with Crippen LogP contribution in [0.25, 0.3) is 0 Å². The van der Waals surface area contributed by atoms with Crippen molar-refractivity contribution < 1.29 is 5.11 Å². The quantitative estimate of drug-likeness (QED) is 0.657. The molecule has 0 aliphatic carbocycles. The minimum Gasteiger partial charge on any atom is -0.390 e. The molecule has 0 radical (unpaired) electrons. The highest BCUT2D eigenvalue weighted by molar-refractivity contribution is 6.88. The number of aliphatic hydroxyl groups is 1. The molecule has 1 aliphatic rings. The van der Waals surface area contributed by atoms with E-state index in [1.807, 2.05) is 6.20 Å². The largest absolute Gasteiger partial charge is 0.390 e. The summed E-state index contributed by atoms with van der Waals surface area (Å²) in [5.74, 6) is 0. The van der Waals surface area contributed by atoms with Crippen molar-refractivity contribution in [2.75, 3.05) is 13.1 Å². The second kappa shape index (κ2) is 3.69. The van der Waals surface area contributed by atoms with E-state index < -0.39 is 8.07 Å². The fraction of sp³-hybridized carbons (Fsp3) is 0.778. The van der Waals surface area contributed by atoms with Gasteiger partial charge in [0.1, 0.15) is 8.07 Å². The van der Waals surface area contributed by atoms with Gasteiger partial charge in [0.05, 0.1) is 17.5 Å². The molecule has 0 aromatic carbocycles. The molecule has 0 bridgehead atoms. The first-order chi connectivity index (χ1) is 6.98. The average molecular weight is 226 g/mol. The van der Waals surface area contributed by atoms with Gasteiger partial charge in [0.25, 0.3) is 0 Å². The summed E-state index contributed by atoms with van der Waals surface area (Å²) in [5.41, 5.74) is 0. The molecular formula is C9H18N4OSi. The fourth-order valence-corrected chi connectivity index (χ4v) is 2.57. The predicted molar refractivity (Wildman–Crippen MR) is 60.9 cm³/mol. The van der Waals surface area contributed by atoms with Gasteiger partial charge in [0.15, 0.2) is 0 Å². The van der Waals surface area contributed by atoms with Gasteiger partial charge in [-0.3, -0.25) is 0 Å². The van der Waals surface area contributed by atoms with Gasteiger partial charge in [-0.25, -0.2) is 4.68 Å². The van der Waals surface area contributed by atoms with Gasteiger partial charge in [-0.05, 0) is 0 Å². The minimum absolute atomic E-state index is 0.0441. The highest BCUT2D eigenvalue weighted by atomic mass is 28.3. The van der Waals surface area contributed by atoms with Crippen LogP contribution in [0.2, 0.25) is 19.6 Å². The Balaban J connectivity index is 2.20. The first-order valence-electron chi connectivity index (χ1n) is 5.29. The Kier molecular flexibility index (Phi) is 2.66. The number of aromatic nitrogens is 3. The summed E-state index contributed by atoms with van der Waals surface area (Å²) >= 11 is 0. The SMILES string of the molecule is C[Si](C)(C)c1cn(C2CNCC2O)nn1. The van der Waals surface area contributed by atoms with Crippen LogP contribution in [0, 0.1) is 0 Å². The average Bonchev–Trinajstić information content (AvgIpc) is 2.69. The lowest BCUT2D eigenvalue weighted by atomic mass is 10.2. The summed E-state index contributed by atoms with van der Waals surface area (Å²) in [7, 11) is -1.38. The van der Waals surface area contributed by atoms with Crippen molar-refractivity contribution in [2.24, 2.45) is 0 Å². The lowest BCUT2D eigenvalue weighted by Gasteiger charge is -2.13. The van der Waals surface area contributed by atoms with E-state index in [1.54, 1.807) is 4.68 Å². The molecule has 0 spiro atoms. The highest BCUT2D eigenvalue weighted by Gasteiger charge is 2.29. The Morgan fingerprint density at radius 2 is 2.20 bits per heavy atom. The Bertz CT molecular complexity index is 346. The number of rotatable bonds is 2. The molecule has 2 rings (SSSR count). The van der Waals surface area contributed by atoms with Crippen molar-refractivity contribution in [1.29, 1.82) is 0 Å². The van der Waals surface area contributed by atoms with Crippen molar-refractivity contribution in [1.82, 2.24) is 20.3 Å². The molecule has 1 aliphatic heterocycles. The van der Waals surface area contributed by atoms with Crippen molar-refractivity contribution in [3.05, 3.63) is 6.20 Å². The molecule has 2 N–H and O–H groups in total. The Morgan fingerprint density at radius 1 is 1.47 bits per heavy atom. The molecular weight excluding hydrogens is 208 g/mol. The van der Waals surface area contributed by atoms with Crippen LogP contribution in [0.4, 0.5) is 0 Å². The maximum absolute atomic E-state index is 9.71. The highest BCUT2D eigenvalue weighted by Crippen LogP contribution is 2.13. The topological polar surface area (TPSA) is 63.0 Å². The molecule has 5 nitrogen and oxygen atoms in total. The zero-order chi connectivity index (χ0) is 11.1. The van der Waals surface area contributed by atoms with E-state index in [9.17, 15) is 5.11 Å². The van der Waals surface area contributed by atoms with Crippen LogP contribution in [0.3, 0.4) is 0 Å². The van der Waals surface area contributed by atoms with Gasteiger partial charge in [-0.2, -0.15) is 0 Å². The molecule has 15 heavy (non-hydrogen) atoms. The number of hydrogen-bond donors (Lipinski definition) is 2. The fourth-order valence-electron chi connectivity index (χ4n) is 1.70. The molecule has 1 saturated heterocycles. The number of nitrogens with zero attached hydrogens (tertiary/aromatic N) is 3. The maximum Gasteiger partial charge on any atom is 0.106 e.